The molecule has 1 aliphatic carbocycles. The zero-order valence-electron chi connectivity index (χ0n) is 10.1. The largest absolute Gasteiger partial charge is 0.322 e. The van der Waals surface area contributed by atoms with Gasteiger partial charge in [0.25, 0.3) is 0 Å². The quantitative estimate of drug-likeness (QED) is 0.260. The summed E-state index contributed by atoms with van der Waals surface area (Å²) in [6.45, 7) is 6.62. The number of nitrogens with two attached hydrogens (primary N) is 1. The van der Waals surface area contributed by atoms with Crippen molar-refractivity contribution in [2.24, 2.45) is 22.8 Å². The van der Waals surface area contributed by atoms with E-state index in [0.717, 1.165) is 12.8 Å². The SMILES string of the molecule is CC.CC1CCCCC1CN(F)/C=N\N. The lowest BCUT2D eigenvalue weighted by atomic mass is 9.80. The Hall–Kier alpha value is -0.800. The van der Waals surface area contributed by atoms with Gasteiger partial charge in [-0.25, -0.2) is 0 Å². The summed E-state index contributed by atoms with van der Waals surface area (Å²) in [6.07, 6.45) is 5.90. The van der Waals surface area contributed by atoms with Crippen LogP contribution < -0.4 is 5.84 Å². The lowest BCUT2D eigenvalue weighted by Gasteiger charge is -2.29. The predicted octanol–water partition coefficient (Wildman–Crippen LogP) is 2.93. The molecule has 2 unspecified atom stereocenters. The molecule has 0 aromatic carbocycles. The Morgan fingerprint density at radius 2 is 2.00 bits per heavy atom. The lowest BCUT2D eigenvalue weighted by Crippen LogP contribution is -2.28. The number of hydrazone groups is 1. The summed E-state index contributed by atoms with van der Waals surface area (Å²) in [4.78, 5) is 0. The molecular weight excluding hydrogens is 193 g/mol. The minimum Gasteiger partial charge on any atom is -0.322 e. The second kappa shape index (κ2) is 8.50. The molecule has 0 aliphatic heterocycles. The van der Waals surface area contributed by atoms with E-state index >= 15 is 0 Å². The van der Waals surface area contributed by atoms with E-state index in [1.807, 2.05) is 13.8 Å². The van der Waals surface area contributed by atoms with Gasteiger partial charge in [-0.05, 0) is 18.3 Å². The molecule has 0 spiro atoms. The van der Waals surface area contributed by atoms with Gasteiger partial charge in [0.2, 0.25) is 0 Å². The van der Waals surface area contributed by atoms with Crippen molar-refractivity contribution in [2.75, 3.05) is 6.54 Å². The highest BCUT2D eigenvalue weighted by molar-refractivity contribution is 5.52. The van der Waals surface area contributed by atoms with E-state index in [2.05, 4.69) is 12.0 Å². The molecule has 0 heterocycles. The fraction of sp³-hybridized carbons (Fsp3) is 0.909. The van der Waals surface area contributed by atoms with Crippen LogP contribution in [0, 0.1) is 11.8 Å². The maximum atomic E-state index is 13.0. The van der Waals surface area contributed by atoms with E-state index in [9.17, 15) is 4.48 Å². The third-order valence-corrected chi connectivity index (χ3v) is 2.89. The molecule has 1 rings (SSSR count). The van der Waals surface area contributed by atoms with Crippen molar-refractivity contribution in [3.63, 3.8) is 0 Å². The lowest BCUT2D eigenvalue weighted by molar-refractivity contribution is 0.0768. The minimum absolute atomic E-state index is 0.432. The Labute approximate surface area is 92.5 Å². The molecule has 2 atom stereocenters. The number of hydrogen-bond donors (Lipinski definition) is 1. The van der Waals surface area contributed by atoms with Crippen molar-refractivity contribution >= 4 is 6.34 Å². The maximum absolute atomic E-state index is 13.0. The Morgan fingerprint density at radius 1 is 1.40 bits per heavy atom. The van der Waals surface area contributed by atoms with Crippen LogP contribution in [-0.4, -0.2) is 18.0 Å². The van der Waals surface area contributed by atoms with Crippen molar-refractivity contribution in [3.05, 3.63) is 0 Å². The van der Waals surface area contributed by atoms with Crippen LogP contribution in [0.1, 0.15) is 46.5 Å². The molecule has 4 heteroatoms. The first-order valence-electron chi connectivity index (χ1n) is 5.90. The zero-order valence-corrected chi connectivity index (χ0v) is 10.1. The molecule has 0 aromatic heterocycles. The molecule has 1 aliphatic rings. The highest BCUT2D eigenvalue weighted by Crippen LogP contribution is 2.29. The Bertz CT molecular complexity index is 173. The van der Waals surface area contributed by atoms with E-state index in [4.69, 9.17) is 5.84 Å². The fourth-order valence-corrected chi connectivity index (χ4v) is 2.01. The summed E-state index contributed by atoms with van der Waals surface area (Å²) in [5.41, 5.74) is 0. The first kappa shape index (κ1) is 14.2. The fourth-order valence-electron chi connectivity index (χ4n) is 2.01. The molecule has 0 amide bonds. The van der Waals surface area contributed by atoms with Gasteiger partial charge in [0, 0.05) is 0 Å². The van der Waals surface area contributed by atoms with E-state index in [1.54, 1.807) is 0 Å². The number of nitrogens with zero attached hydrogens (tertiary/aromatic N) is 2. The molecule has 0 bridgehead atoms. The molecule has 0 radical (unpaired) electrons. The van der Waals surface area contributed by atoms with E-state index in [1.165, 1.54) is 19.3 Å². The molecule has 3 nitrogen and oxygen atoms in total. The Balaban J connectivity index is 0.000000921. The van der Waals surface area contributed by atoms with Crippen molar-refractivity contribution in [1.29, 1.82) is 0 Å². The highest BCUT2D eigenvalue weighted by atomic mass is 19.2. The van der Waals surface area contributed by atoms with Crippen molar-refractivity contribution in [1.82, 2.24) is 5.12 Å². The summed E-state index contributed by atoms with van der Waals surface area (Å²) in [6, 6.07) is 0. The van der Waals surface area contributed by atoms with E-state index in [-0.39, 0.29) is 0 Å². The van der Waals surface area contributed by atoms with Crippen LogP contribution in [0.4, 0.5) is 4.48 Å². The maximum Gasteiger partial charge on any atom is 0.140 e. The third kappa shape index (κ3) is 5.60. The molecule has 2 N–H and O–H groups in total. The van der Waals surface area contributed by atoms with Gasteiger partial charge in [0.15, 0.2) is 0 Å². The first-order valence-corrected chi connectivity index (χ1v) is 5.90. The molecule has 1 saturated carbocycles. The van der Waals surface area contributed by atoms with Crippen LogP contribution >= 0.6 is 0 Å². The number of halogens is 1. The van der Waals surface area contributed by atoms with Crippen molar-refractivity contribution in [2.45, 2.75) is 46.5 Å². The summed E-state index contributed by atoms with van der Waals surface area (Å²) < 4.78 is 13.0. The first-order chi connectivity index (χ1) is 7.24. The molecular formula is C11H24FN3. The summed E-state index contributed by atoms with van der Waals surface area (Å²) in [5.74, 6) is 5.94. The van der Waals surface area contributed by atoms with E-state index < -0.39 is 0 Å². The molecule has 90 valence electrons. The summed E-state index contributed by atoms with van der Waals surface area (Å²) in [5, 5.41) is 3.74. The van der Waals surface area contributed by atoms with Gasteiger partial charge < -0.3 is 5.84 Å². The molecule has 15 heavy (non-hydrogen) atoms. The normalized spacial score (nSPS) is 25.9. The zero-order chi connectivity index (χ0) is 11.7. The Morgan fingerprint density at radius 3 is 2.53 bits per heavy atom. The molecule has 0 aromatic rings. The third-order valence-electron chi connectivity index (χ3n) is 2.89. The summed E-state index contributed by atoms with van der Waals surface area (Å²) >= 11 is 0. The van der Waals surface area contributed by atoms with E-state index in [0.29, 0.717) is 23.5 Å². The van der Waals surface area contributed by atoms with Crippen LogP contribution in [0.5, 0.6) is 0 Å². The standard InChI is InChI=1S/C9H18FN3.C2H6/c1-8-4-2-3-5-9(8)6-13(10)7-12-11;1-2/h7-9H,2-6,11H2,1H3;1-2H3/b12-7-;. The van der Waals surface area contributed by atoms with Crippen LogP contribution in [0.3, 0.4) is 0 Å². The number of rotatable bonds is 3. The molecule has 1 fully saturated rings. The minimum atomic E-state index is 0.432. The van der Waals surface area contributed by atoms with Gasteiger partial charge in [-0.1, -0.05) is 44.5 Å². The molecule has 0 saturated heterocycles. The van der Waals surface area contributed by atoms with Gasteiger partial charge in [-0.15, -0.1) is 0 Å². The van der Waals surface area contributed by atoms with Crippen LogP contribution in [-0.2, 0) is 0 Å². The van der Waals surface area contributed by atoms with Gasteiger partial charge in [0.1, 0.15) is 6.34 Å². The Kier molecular flexibility index (Phi) is 8.05. The smallest absolute Gasteiger partial charge is 0.140 e. The predicted molar refractivity (Wildman–Crippen MR) is 63.0 cm³/mol. The second-order valence-corrected chi connectivity index (χ2v) is 3.87. The monoisotopic (exact) mass is 217 g/mol. The second-order valence-electron chi connectivity index (χ2n) is 3.87. The number of hydrogen-bond acceptors (Lipinski definition) is 2. The van der Waals surface area contributed by atoms with Crippen molar-refractivity contribution < 1.29 is 4.48 Å². The van der Waals surface area contributed by atoms with Gasteiger partial charge in [-0.2, -0.15) is 10.2 Å². The van der Waals surface area contributed by atoms with Crippen molar-refractivity contribution in [3.8, 4) is 0 Å². The van der Waals surface area contributed by atoms with Gasteiger partial charge in [0.05, 0.1) is 6.54 Å². The van der Waals surface area contributed by atoms with Gasteiger partial charge >= 0.3 is 0 Å². The topological polar surface area (TPSA) is 41.6 Å². The highest BCUT2D eigenvalue weighted by Gasteiger charge is 2.22. The van der Waals surface area contributed by atoms with Crippen LogP contribution in [0.25, 0.3) is 0 Å². The van der Waals surface area contributed by atoms with Gasteiger partial charge in [-0.3, -0.25) is 0 Å². The average Bonchev–Trinajstić information content (AvgIpc) is 2.25. The van der Waals surface area contributed by atoms with Crippen LogP contribution in [0.2, 0.25) is 0 Å². The average molecular weight is 217 g/mol. The van der Waals surface area contributed by atoms with Crippen LogP contribution in [0.15, 0.2) is 5.10 Å². The summed E-state index contributed by atoms with van der Waals surface area (Å²) in [7, 11) is 0.